The van der Waals surface area contributed by atoms with E-state index >= 15 is 0 Å². The number of pyridine rings is 1. The molecule has 2 heterocycles. The van der Waals surface area contributed by atoms with Crippen LogP contribution in [0.15, 0.2) is 35.2 Å². The van der Waals surface area contributed by atoms with Gasteiger partial charge in [0.05, 0.1) is 6.04 Å². The summed E-state index contributed by atoms with van der Waals surface area (Å²) >= 11 is 8.53. The van der Waals surface area contributed by atoms with Gasteiger partial charge in [-0.2, -0.15) is 0 Å². The van der Waals surface area contributed by atoms with Gasteiger partial charge < -0.3 is 15.6 Å². The van der Waals surface area contributed by atoms with E-state index in [0.717, 1.165) is 10.3 Å². The molecule has 0 aliphatic rings. The second-order valence-electron chi connectivity index (χ2n) is 3.66. The predicted molar refractivity (Wildman–Crippen MR) is 78.3 cm³/mol. The van der Waals surface area contributed by atoms with E-state index in [9.17, 15) is 0 Å². The third-order valence-electron chi connectivity index (χ3n) is 2.25. The number of thiocarbonyl (C=S) groups is 1. The molecule has 1 atom stereocenters. The average molecular weight is 326 g/mol. The van der Waals surface area contributed by atoms with Crippen LogP contribution in [0, 0.1) is 0 Å². The van der Waals surface area contributed by atoms with E-state index in [0.29, 0.717) is 10.9 Å². The van der Waals surface area contributed by atoms with Crippen molar-refractivity contribution in [1.29, 1.82) is 0 Å². The van der Waals surface area contributed by atoms with Gasteiger partial charge in [0, 0.05) is 23.1 Å². The minimum atomic E-state index is 0.00967. The maximum absolute atomic E-state index is 5.20. The van der Waals surface area contributed by atoms with Crippen molar-refractivity contribution in [3.8, 4) is 0 Å². The molecule has 1 unspecified atom stereocenters. The topological polar surface area (TPSA) is 65.6 Å². The van der Waals surface area contributed by atoms with Gasteiger partial charge in [-0.05, 0) is 47.2 Å². The number of aromatic amines is 1. The molecule has 0 saturated heterocycles. The normalized spacial score (nSPS) is 11.9. The summed E-state index contributed by atoms with van der Waals surface area (Å²) in [5.41, 5.74) is 0. The molecule has 5 nitrogen and oxygen atoms in total. The fraction of sp³-hybridized carbons (Fsp3) is 0.182. The Bertz CT molecular complexity index is 511. The van der Waals surface area contributed by atoms with Crippen molar-refractivity contribution in [1.82, 2.24) is 20.3 Å². The van der Waals surface area contributed by atoms with Crippen LogP contribution < -0.4 is 10.6 Å². The van der Waals surface area contributed by atoms with Crippen LogP contribution in [0.1, 0.15) is 18.8 Å². The van der Waals surface area contributed by atoms with Crippen LogP contribution in [-0.2, 0) is 0 Å². The molecule has 0 radical (unpaired) electrons. The third-order valence-corrected chi connectivity index (χ3v) is 2.94. The molecule has 18 heavy (non-hydrogen) atoms. The fourth-order valence-corrected chi connectivity index (χ4v) is 1.90. The number of hydrogen-bond acceptors (Lipinski definition) is 3. The first-order chi connectivity index (χ1) is 8.65. The summed E-state index contributed by atoms with van der Waals surface area (Å²) in [6.45, 7) is 1.97. The number of hydrogen-bond donors (Lipinski definition) is 3. The molecular weight excluding hydrogens is 314 g/mol. The lowest BCUT2D eigenvalue weighted by molar-refractivity contribution is 0.677. The van der Waals surface area contributed by atoms with Crippen LogP contribution in [0.2, 0.25) is 0 Å². The second-order valence-corrected chi connectivity index (χ2v) is 4.98. The molecule has 0 bridgehead atoms. The van der Waals surface area contributed by atoms with Gasteiger partial charge in [0.25, 0.3) is 0 Å². The van der Waals surface area contributed by atoms with Gasteiger partial charge in [-0.1, -0.05) is 0 Å². The standard InChI is InChI=1S/C11H12BrN5S/c1-7(10-13-4-5-14-10)16-11(18)17-9-3-2-8(12)6-15-9/h2-7H,1H3,(H,13,14)(H2,15,16,17,18). The first-order valence-corrected chi connectivity index (χ1v) is 6.53. The van der Waals surface area contributed by atoms with E-state index in [2.05, 4.69) is 41.5 Å². The van der Waals surface area contributed by atoms with Gasteiger partial charge in [0.2, 0.25) is 0 Å². The fourth-order valence-electron chi connectivity index (χ4n) is 1.38. The van der Waals surface area contributed by atoms with Crippen molar-refractivity contribution in [2.45, 2.75) is 13.0 Å². The second kappa shape index (κ2) is 5.92. The highest BCUT2D eigenvalue weighted by Crippen LogP contribution is 2.11. The smallest absolute Gasteiger partial charge is 0.172 e. The molecule has 0 aliphatic carbocycles. The van der Waals surface area contributed by atoms with Crippen LogP contribution in [0.4, 0.5) is 5.82 Å². The largest absolute Gasteiger partial charge is 0.353 e. The monoisotopic (exact) mass is 325 g/mol. The van der Waals surface area contributed by atoms with Crippen LogP contribution in [-0.4, -0.2) is 20.1 Å². The highest BCUT2D eigenvalue weighted by molar-refractivity contribution is 9.10. The molecule has 0 fully saturated rings. The number of anilines is 1. The van der Waals surface area contributed by atoms with Crippen LogP contribution in [0.5, 0.6) is 0 Å². The van der Waals surface area contributed by atoms with Gasteiger partial charge >= 0.3 is 0 Å². The predicted octanol–water partition coefficient (Wildman–Crippen LogP) is 2.61. The molecule has 94 valence electrons. The number of imidazole rings is 1. The average Bonchev–Trinajstić information content (AvgIpc) is 2.85. The highest BCUT2D eigenvalue weighted by atomic mass is 79.9. The van der Waals surface area contributed by atoms with Gasteiger partial charge in [-0.25, -0.2) is 9.97 Å². The Labute approximate surface area is 119 Å². The summed E-state index contributed by atoms with van der Waals surface area (Å²) in [7, 11) is 0. The molecule has 3 N–H and O–H groups in total. The minimum Gasteiger partial charge on any atom is -0.353 e. The lowest BCUT2D eigenvalue weighted by atomic mass is 10.3. The molecule has 2 rings (SSSR count). The van der Waals surface area contributed by atoms with Crippen molar-refractivity contribution in [3.05, 3.63) is 41.0 Å². The van der Waals surface area contributed by atoms with Crippen molar-refractivity contribution in [2.24, 2.45) is 0 Å². The summed E-state index contributed by atoms with van der Waals surface area (Å²) in [5, 5.41) is 6.64. The Hall–Kier alpha value is -1.47. The Balaban J connectivity index is 1.91. The number of halogens is 1. The van der Waals surface area contributed by atoms with Crippen LogP contribution in [0.3, 0.4) is 0 Å². The van der Waals surface area contributed by atoms with Gasteiger partial charge in [0.15, 0.2) is 5.11 Å². The molecule has 0 spiro atoms. The number of nitrogens with zero attached hydrogens (tertiary/aromatic N) is 2. The number of H-pyrrole nitrogens is 1. The SMILES string of the molecule is CC(NC(=S)Nc1ccc(Br)cn1)c1ncc[nH]1. The Morgan fingerprint density at radius 2 is 2.28 bits per heavy atom. The molecular formula is C11H12BrN5S. The Kier molecular flexibility index (Phi) is 4.27. The summed E-state index contributed by atoms with van der Waals surface area (Å²) in [4.78, 5) is 11.4. The zero-order chi connectivity index (χ0) is 13.0. The molecule has 0 aliphatic heterocycles. The molecule has 0 saturated carbocycles. The molecule has 2 aromatic heterocycles. The first kappa shape index (κ1) is 13.0. The van der Waals surface area contributed by atoms with E-state index < -0.39 is 0 Å². The Morgan fingerprint density at radius 1 is 1.44 bits per heavy atom. The Morgan fingerprint density at radius 3 is 2.89 bits per heavy atom. The number of aromatic nitrogens is 3. The lowest BCUT2D eigenvalue weighted by Gasteiger charge is -2.14. The summed E-state index contributed by atoms with van der Waals surface area (Å²) in [6.07, 6.45) is 5.20. The van der Waals surface area contributed by atoms with Crippen LogP contribution in [0.25, 0.3) is 0 Å². The molecule has 2 aromatic rings. The van der Waals surface area contributed by atoms with E-state index in [4.69, 9.17) is 12.2 Å². The van der Waals surface area contributed by atoms with Gasteiger partial charge in [-0.15, -0.1) is 0 Å². The van der Waals surface area contributed by atoms with Crippen molar-refractivity contribution in [2.75, 3.05) is 5.32 Å². The summed E-state index contributed by atoms with van der Waals surface area (Å²) in [6, 6.07) is 3.75. The summed E-state index contributed by atoms with van der Waals surface area (Å²) < 4.78 is 0.927. The lowest BCUT2D eigenvalue weighted by Crippen LogP contribution is -2.31. The van der Waals surface area contributed by atoms with E-state index in [1.165, 1.54) is 0 Å². The van der Waals surface area contributed by atoms with Gasteiger partial charge in [0.1, 0.15) is 11.6 Å². The first-order valence-electron chi connectivity index (χ1n) is 5.33. The molecule has 7 heteroatoms. The number of nitrogens with one attached hydrogen (secondary N) is 3. The zero-order valence-electron chi connectivity index (χ0n) is 9.64. The zero-order valence-corrected chi connectivity index (χ0v) is 12.0. The van der Waals surface area contributed by atoms with Crippen LogP contribution >= 0.6 is 28.1 Å². The quantitative estimate of drug-likeness (QED) is 0.757. The summed E-state index contributed by atoms with van der Waals surface area (Å²) in [5.74, 6) is 1.53. The number of rotatable bonds is 3. The maximum Gasteiger partial charge on any atom is 0.172 e. The minimum absolute atomic E-state index is 0.00967. The van der Waals surface area contributed by atoms with Crippen molar-refractivity contribution < 1.29 is 0 Å². The van der Waals surface area contributed by atoms with E-state index in [1.54, 1.807) is 18.6 Å². The van der Waals surface area contributed by atoms with Crippen molar-refractivity contribution in [3.63, 3.8) is 0 Å². The van der Waals surface area contributed by atoms with E-state index in [-0.39, 0.29) is 6.04 Å². The van der Waals surface area contributed by atoms with Crippen molar-refractivity contribution >= 4 is 39.1 Å². The third kappa shape index (κ3) is 3.51. The highest BCUT2D eigenvalue weighted by Gasteiger charge is 2.08. The van der Waals surface area contributed by atoms with Gasteiger partial charge in [-0.3, -0.25) is 0 Å². The molecule has 0 aromatic carbocycles. The van der Waals surface area contributed by atoms with E-state index in [1.807, 2.05) is 19.1 Å². The molecule has 0 amide bonds. The maximum atomic E-state index is 5.20.